The smallest absolute Gasteiger partial charge is 0.146 e. The molecule has 1 aromatic heterocycles. The molecule has 0 unspecified atom stereocenters. The fraction of sp³-hybridized carbons (Fsp3) is 0.800. The van der Waals surface area contributed by atoms with Gasteiger partial charge in [0.2, 0.25) is 0 Å². The van der Waals surface area contributed by atoms with E-state index in [4.69, 9.17) is 0 Å². The highest BCUT2D eigenvalue weighted by Crippen LogP contribution is 2.26. The van der Waals surface area contributed by atoms with E-state index in [1.807, 2.05) is 18.5 Å². The maximum atomic E-state index is 4.12. The molecule has 0 bridgehead atoms. The van der Waals surface area contributed by atoms with Gasteiger partial charge < -0.3 is 9.88 Å². The Labute approximate surface area is 84.7 Å². The standard InChI is InChI=1S/C10H18N4/c1-7-4-9(5-7)11-6-10-13-12-8(2)14(10)3/h7,9,11H,4-6H2,1-3H3. The second kappa shape index (κ2) is 3.69. The van der Waals surface area contributed by atoms with Gasteiger partial charge in [-0.2, -0.15) is 0 Å². The molecule has 78 valence electrons. The van der Waals surface area contributed by atoms with Crippen LogP contribution in [-0.2, 0) is 13.6 Å². The molecule has 1 saturated carbocycles. The largest absolute Gasteiger partial charge is 0.317 e. The van der Waals surface area contributed by atoms with Crippen LogP contribution >= 0.6 is 0 Å². The van der Waals surface area contributed by atoms with E-state index in [0.29, 0.717) is 6.04 Å². The quantitative estimate of drug-likeness (QED) is 0.781. The Bertz CT molecular complexity index is 312. The molecular weight excluding hydrogens is 176 g/mol. The molecular formula is C10H18N4. The minimum Gasteiger partial charge on any atom is -0.317 e. The summed E-state index contributed by atoms with van der Waals surface area (Å²) in [5.74, 6) is 2.90. The normalized spacial score (nSPS) is 26.2. The molecule has 2 rings (SSSR count). The lowest BCUT2D eigenvalue weighted by Gasteiger charge is -2.33. The van der Waals surface area contributed by atoms with Gasteiger partial charge in [-0.3, -0.25) is 0 Å². The van der Waals surface area contributed by atoms with E-state index < -0.39 is 0 Å². The molecule has 1 N–H and O–H groups in total. The molecule has 1 heterocycles. The summed E-state index contributed by atoms with van der Waals surface area (Å²) in [6.45, 7) is 5.11. The molecule has 0 saturated heterocycles. The summed E-state index contributed by atoms with van der Waals surface area (Å²) in [4.78, 5) is 0. The van der Waals surface area contributed by atoms with Crippen LogP contribution in [0.4, 0.5) is 0 Å². The highest BCUT2D eigenvalue weighted by molar-refractivity contribution is 4.93. The van der Waals surface area contributed by atoms with E-state index in [0.717, 1.165) is 24.1 Å². The predicted molar refractivity (Wildman–Crippen MR) is 54.8 cm³/mol. The number of nitrogens with zero attached hydrogens (tertiary/aromatic N) is 3. The van der Waals surface area contributed by atoms with Gasteiger partial charge in [-0.15, -0.1) is 10.2 Å². The number of aromatic nitrogens is 3. The van der Waals surface area contributed by atoms with Gasteiger partial charge in [0, 0.05) is 13.1 Å². The third kappa shape index (κ3) is 1.80. The molecule has 14 heavy (non-hydrogen) atoms. The minimum atomic E-state index is 0.696. The van der Waals surface area contributed by atoms with Crippen LogP contribution in [0.15, 0.2) is 0 Å². The van der Waals surface area contributed by atoms with Gasteiger partial charge in [0.1, 0.15) is 11.6 Å². The molecule has 0 radical (unpaired) electrons. The first-order chi connectivity index (χ1) is 6.66. The summed E-state index contributed by atoms with van der Waals surface area (Å²) >= 11 is 0. The lowest BCUT2D eigenvalue weighted by Crippen LogP contribution is -2.40. The first kappa shape index (κ1) is 9.65. The van der Waals surface area contributed by atoms with Gasteiger partial charge in [-0.1, -0.05) is 6.92 Å². The molecule has 0 aromatic carbocycles. The maximum absolute atomic E-state index is 4.12. The molecule has 0 amide bonds. The molecule has 4 heteroatoms. The predicted octanol–water partition coefficient (Wildman–Crippen LogP) is 1.01. The van der Waals surface area contributed by atoms with Crippen molar-refractivity contribution < 1.29 is 0 Å². The van der Waals surface area contributed by atoms with E-state index >= 15 is 0 Å². The maximum Gasteiger partial charge on any atom is 0.146 e. The van der Waals surface area contributed by atoms with Crippen LogP contribution in [-0.4, -0.2) is 20.8 Å². The lowest BCUT2D eigenvalue weighted by atomic mass is 9.82. The minimum absolute atomic E-state index is 0.696. The molecule has 0 atom stereocenters. The third-order valence-electron chi connectivity index (χ3n) is 3.11. The van der Waals surface area contributed by atoms with Crippen molar-refractivity contribution in [2.45, 2.75) is 39.3 Å². The van der Waals surface area contributed by atoms with Crippen LogP contribution in [0, 0.1) is 12.8 Å². The van der Waals surface area contributed by atoms with Crippen LogP contribution in [0.3, 0.4) is 0 Å². The summed E-state index contributed by atoms with van der Waals surface area (Å²) in [5.41, 5.74) is 0. The summed E-state index contributed by atoms with van der Waals surface area (Å²) in [5, 5.41) is 11.6. The van der Waals surface area contributed by atoms with Crippen molar-refractivity contribution in [3.63, 3.8) is 0 Å². The van der Waals surface area contributed by atoms with E-state index in [1.165, 1.54) is 12.8 Å². The van der Waals surface area contributed by atoms with Crippen molar-refractivity contribution in [1.29, 1.82) is 0 Å². The molecule has 1 aliphatic rings. The van der Waals surface area contributed by atoms with E-state index in [-0.39, 0.29) is 0 Å². The average molecular weight is 194 g/mol. The second-order valence-electron chi connectivity index (χ2n) is 4.38. The molecule has 0 aliphatic heterocycles. The second-order valence-corrected chi connectivity index (χ2v) is 4.38. The summed E-state index contributed by atoms with van der Waals surface area (Å²) in [7, 11) is 2.01. The Hall–Kier alpha value is -0.900. The van der Waals surface area contributed by atoms with Gasteiger partial charge in [-0.05, 0) is 25.7 Å². The zero-order valence-corrected chi connectivity index (χ0v) is 9.12. The molecule has 1 aromatic rings. The number of nitrogens with one attached hydrogen (secondary N) is 1. The average Bonchev–Trinajstić information content (AvgIpc) is 2.41. The van der Waals surface area contributed by atoms with Crippen molar-refractivity contribution >= 4 is 0 Å². The van der Waals surface area contributed by atoms with Crippen LogP contribution in [0.25, 0.3) is 0 Å². The Morgan fingerprint density at radius 1 is 1.43 bits per heavy atom. The fourth-order valence-corrected chi connectivity index (χ4v) is 1.91. The van der Waals surface area contributed by atoms with Gasteiger partial charge in [-0.25, -0.2) is 0 Å². The molecule has 4 nitrogen and oxygen atoms in total. The van der Waals surface area contributed by atoms with Crippen LogP contribution in [0.1, 0.15) is 31.4 Å². The van der Waals surface area contributed by atoms with Crippen molar-refractivity contribution in [3.8, 4) is 0 Å². The third-order valence-corrected chi connectivity index (χ3v) is 3.11. The van der Waals surface area contributed by atoms with Gasteiger partial charge in [0.15, 0.2) is 0 Å². The van der Waals surface area contributed by atoms with Crippen molar-refractivity contribution in [1.82, 2.24) is 20.1 Å². The number of hydrogen-bond donors (Lipinski definition) is 1. The number of hydrogen-bond acceptors (Lipinski definition) is 3. The highest BCUT2D eigenvalue weighted by Gasteiger charge is 2.24. The fourth-order valence-electron chi connectivity index (χ4n) is 1.91. The van der Waals surface area contributed by atoms with E-state index in [9.17, 15) is 0 Å². The molecule has 0 spiro atoms. The summed E-state index contributed by atoms with van der Waals surface area (Å²) in [6.07, 6.45) is 2.60. The van der Waals surface area contributed by atoms with E-state index in [1.54, 1.807) is 0 Å². The first-order valence-electron chi connectivity index (χ1n) is 5.25. The Kier molecular flexibility index (Phi) is 2.54. The Morgan fingerprint density at radius 2 is 2.14 bits per heavy atom. The van der Waals surface area contributed by atoms with Crippen molar-refractivity contribution in [3.05, 3.63) is 11.6 Å². The lowest BCUT2D eigenvalue weighted by molar-refractivity contribution is 0.238. The van der Waals surface area contributed by atoms with Gasteiger partial charge in [0.25, 0.3) is 0 Å². The van der Waals surface area contributed by atoms with Crippen LogP contribution in [0.2, 0.25) is 0 Å². The Morgan fingerprint density at radius 3 is 2.64 bits per heavy atom. The zero-order valence-electron chi connectivity index (χ0n) is 9.12. The highest BCUT2D eigenvalue weighted by atomic mass is 15.3. The number of rotatable bonds is 3. The van der Waals surface area contributed by atoms with Crippen molar-refractivity contribution in [2.24, 2.45) is 13.0 Å². The Balaban J connectivity index is 1.83. The topological polar surface area (TPSA) is 42.7 Å². The first-order valence-corrected chi connectivity index (χ1v) is 5.25. The van der Waals surface area contributed by atoms with Crippen LogP contribution in [0.5, 0.6) is 0 Å². The van der Waals surface area contributed by atoms with Crippen molar-refractivity contribution in [2.75, 3.05) is 0 Å². The van der Waals surface area contributed by atoms with Crippen LogP contribution < -0.4 is 5.32 Å². The summed E-state index contributed by atoms with van der Waals surface area (Å²) in [6, 6.07) is 0.696. The zero-order chi connectivity index (χ0) is 10.1. The monoisotopic (exact) mass is 194 g/mol. The molecule has 1 fully saturated rings. The van der Waals surface area contributed by atoms with E-state index in [2.05, 4.69) is 22.4 Å². The molecule has 1 aliphatic carbocycles. The van der Waals surface area contributed by atoms with Gasteiger partial charge in [0.05, 0.1) is 6.54 Å². The summed E-state index contributed by atoms with van der Waals surface area (Å²) < 4.78 is 2.04. The van der Waals surface area contributed by atoms with Gasteiger partial charge >= 0.3 is 0 Å². The number of aryl methyl sites for hydroxylation is 1. The SMILES string of the molecule is Cc1nnc(CNC2CC(C)C2)n1C.